The molecule has 1 saturated heterocycles. The summed E-state index contributed by atoms with van der Waals surface area (Å²) < 4.78 is 17.9. The van der Waals surface area contributed by atoms with Gasteiger partial charge in [0.15, 0.2) is 5.82 Å². The fourth-order valence-electron chi connectivity index (χ4n) is 2.21. The van der Waals surface area contributed by atoms with Gasteiger partial charge in [-0.15, -0.1) is 5.10 Å². The first kappa shape index (κ1) is 13.8. The van der Waals surface area contributed by atoms with Crippen molar-refractivity contribution in [2.45, 2.75) is 12.6 Å². The number of methoxy groups -OCH3 is 1. The van der Waals surface area contributed by atoms with Gasteiger partial charge in [0.2, 0.25) is 0 Å². The second kappa shape index (κ2) is 6.06. The van der Waals surface area contributed by atoms with Crippen molar-refractivity contribution in [3.05, 3.63) is 18.2 Å². The van der Waals surface area contributed by atoms with Crippen molar-refractivity contribution in [1.29, 1.82) is 0 Å². The number of nitrogens with two attached hydrogens (primary N) is 1. The molecule has 0 amide bonds. The van der Waals surface area contributed by atoms with Gasteiger partial charge < -0.3 is 19.9 Å². The van der Waals surface area contributed by atoms with Gasteiger partial charge in [-0.05, 0) is 28.6 Å². The predicted molar refractivity (Wildman–Crippen MR) is 74.8 cm³/mol. The molecule has 112 valence electrons. The largest absolute Gasteiger partial charge is 0.497 e. The summed E-state index contributed by atoms with van der Waals surface area (Å²) in [5, 5.41) is 11.8. The molecule has 0 spiro atoms. The quantitative estimate of drug-likeness (QED) is 0.811. The van der Waals surface area contributed by atoms with Crippen LogP contribution in [-0.2, 0) is 16.0 Å². The Hall–Kier alpha value is -2.19. The minimum atomic E-state index is -0.0622. The highest BCUT2D eigenvalue weighted by Crippen LogP contribution is 2.28. The lowest BCUT2D eigenvalue weighted by Gasteiger charge is -2.22. The molecular formula is C13H17N5O3. The molecule has 1 atom stereocenters. The van der Waals surface area contributed by atoms with Crippen LogP contribution < -0.4 is 10.5 Å². The first-order chi connectivity index (χ1) is 10.3. The first-order valence-corrected chi connectivity index (χ1v) is 6.67. The Morgan fingerprint density at radius 3 is 3.10 bits per heavy atom. The van der Waals surface area contributed by atoms with Crippen LogP contribution in [0.25, 0.3) is 11.4 Å². The number of nitrogen functional groups attached to an aromatic ring is 1. The lowest BCUT2D eigenvalue weighted by Crippen LogP contribution is -2.32. The molecule has 1 aliphatic heterocycles. The SMILES string of the molecule is COc1ccc(N)c(-c2nnnn2CC2COCCO2)c1. The number of aromatic nitrogens is 4. The van der Waals surface area contributed by atoms with Crippen LogP contribution in [0.4, 0.5) is 5.69 Å². The van der Waals surface area contributed by atoms with E-state index in [0.717, 1.165) is 5.56 Å². The number of hydrogen-bond donors (Lipinski definition) is 1. The molecule has 2 heterocycles. The Morgan fingerprint density at radius 2 is 2.33 bits per heavy atom. The van der Waals surface area contributed by atoms with E-state index in [4.69, 9.17) is 19.9 Å². The molecule has 1 unspecified atom stereocenters. The van der Waals surface area contributed by atoms with Crippen LogP contribution in [0, 0.1) is 0 Å². The highest BCUT2D eigenvalue weighted by atomic mass is 16.6. The lowest BCUT2D eigenvalue weighted by atomic mass is 10.1. The van der Waals surface area contributed by atoms with Crippen molar-refractivity contribution in [3.8, 4) is 17.1 Å². The summed E-state index contributed by atoms with van der Waals surface area (Å²) in [6.45, 7) is 2.26. The first-order valence-electron chi connectivity index (χ1n) is 6.67. The highest BCUT2D eigenvalue weighted by molar-refractivity contribution is 5.73. The number of benzene rings is 1. The minimum absolute atomic E-state index is 0.0622. The van der Waals surface area contributed by atoms with Gasteiger partial charge in [0.05, 0.1) is 33.5 Å². The standard InChI is InChI=1S/C13H17N5O3/c1-19-9-2-3-12(14)11(6-9)13-15-16-17-18(13)7-10-8-20-4-5-21-10/h2-3,6,10H,4-5,7-8,14H2,1H3. The lowest BCUT2D eigenvalue weighted by molar-refractivity contribution is -0.0946. The summed E-state index contributed by atoms with van der Waals surface area (Å²) in [6.07, 6.45) is -0.0622. The molecule has 1 fully saturated rings. The van der Waals surface area contributed by atoms with Crippen molar-refractivity contribution < 1.29 is 14.2 Å². The number of hydrogen-bond acceptors (Lipinski definition) is 7. The van der Waals surface area contributed by atoms with Crippen molar-refractivity contribution in [1.82, 2.24) is 20.2 Å². The average Bonchev–Trinajstić information content (AvgIpc) is 2.97. The minimum Gasteiger partial charge on any atom is -0.497 e. The van der Waals surface area contributed by atoms with Gasteiger partial charge in [-0.3, -0.25) is 0 Å². The molecule has 21 heavy (non-hydrogen) atoms. The fourth-order valence-corrected chi connectivity index (χ4v) is 2.21. The van der Waals surface area contributed by atoms with E-state index in [1.54, 1.807) is 23.9 Å². The maximum Gasteiger partial charge on any atom is 0.184 e. The molecule has 1 aromatic carbocycles. The molecule has 0 radical (unpaired) electrons. The number of anilines is 1. The van der Waals surface area contributed by atoms with Gasteiger partial charge in [-0.1, -0.05) is 0 Å². The van der Waals surface area contributed by atoms with Crippen LogP contribution in [0.15, 0.2) is 18.2 Å². The Balaban J connectivity index is 1.87. The van der Waals surface area contributed by atoms with Gasteiger partial charge >= 0.3 is 0 Å². The van der Waals surface area contributed by atoms with Crippen LogP contribution in [-0.4, -0.2) is 53.2 Å². The van der Waals surface area contributed by atoms with Crippen molar-refractivity contribution in [3.63, 3.8) is 0 Å². The van der Waals surface area contributed by atoms with E-state index < -0.39 is 0 Å². The monoisotopic (exact) mass is 291 g/mol. The van der Waals surface area contributed by atoms with Crippen LogP contribution >= 0.6 is 0 Å². The fraction of sp³-hybridized carbons (Fsp3) is 0.462. The zero-order chi connectivity index (χ0) is 14.7. The predicted octanol–water partition coefficient (Wildman–Crippen LogP) is 0.346. The molecular weight excluding hydrogens is 274 g/mol. The van der Waals surface area contributed by atoms with Gasteiger partial charge in [-0.25, -0.2) is 4.68 Å². The van der Waals surface area contributed by atoms with Crippen LogP contribution in [0.3, 0.4) is 0 Å². The van der Waals surface area contributed by atoms with Gasteiger partial charge in [0, 0.05) is 11.3 Å². The zero-order valence-corrected chi connectivity index (χ0v) is 11.7. The number of rotatable bonds is 4. The van der Waals surface area contributed by atoms with Crippen LogP contribution in [0.1, 0.15) is 0 Å². The maximum absolute atomic E-state index is 6.02. The molecule has 0 saturated carbocycles. The normalized spacial score (nSPS) is 18.6. The number of tetrazole rings is 1. The molecule has 2 aromatic rings. The number of nitrogens with zero attached hydrogens (tertiary/aromatic N) is 4. The highest BCUT2D eigenvalue weighted by Gasteiger charge is 2.19. The molecule has 8 heteroatoms. The van der Waals surface area contributed by atoms with E-state index in [9.17, 15) is 0 Å². The molecule has 8 nitrogen and oxygen atoms in total. The summed E-state index contributed by atoms with van der Waals surface area (Å²) in [5.74, 6) is 1.28. The van der Waals surface area contributed by atoms with E-state index >= 15 is 0 Å². The van der Waals surface area contributed by atoms with E-state index in [1.165, 1.54) is 0 Å². The molecule has 1 aliphatic rings. The second-order valence-electron chi connectivity index (χ2n) is 4.71. The maximum atomic E-state index is 6.02. The number of ether oxygens (including phenoxy) is 3. The summed E-state index contributed by atoms with van der Waals surface area (Å²) in [7, 11) is 1.60. The molecule has 3 rings (SSSR count). The topological polar surface area (TPSA) is 97.3 Å². The third-order valence-corrected chi connectivity index (χ3v) is 3.29. The van der Waals surface area contributed by atoms with Crippen LogP contribution in [0.2, 0.25) is 0 Å². The Labute approximate surface area is 121 Å². The smallest absolute Gasteiger partial charge is 0.184 e. The van der Waals surface area contributed by atoms with Crippen molar-refractivity contribution >= 4 is 5.69 Å². The molecule has 0 aliphatic carbocycles. The molecule has 0 bridgehead atoms. The average molecular weight is 291 g/mol. The van der Waals surface area contributed by atoms with Crippen LogP contribution in [0.5, 0.6) is 5.75 Å². The van der Waals surface area contributed by atoms with Crippen molar-refractivity contribution in [2.75, 3.05) is 32.7 Å². The van der Waals surface area contributed by atoms with Gasteiger partial charge in [0.25, 0.3) is 0 Å². The molecule has 2 N–H and O–H groups in total. The van der Waals surface area contributed by atoms with E-state index in [2.05, 4.69) is 15.5 Å². The summed E-state index contributed by atoms with van der Waals surface area (Å²) in [5.41, 5.74) is 7.34. The Kier molecular flexibility index (Phi) is 3.98. The van der Waals surface area contributed by atoms with Crippen molar-refractivity contribution in [2.24, 2.45) is 0 Å². The second-order valence-corrected chi connectivity index (χ2v) is 4.71. The van der Waals surface area contributed by atoms with Gasteiger partial charge in [0.1, 0.15) is 11.9 Å². The molecule has 1 aromatic heterocycles. The van der Waals surface area contributed by atoms with E-state index in [1.807, 2.05) is 6.07 Å². The van der Waals surface area contributed by atoms with E-state index in [0.29, 0.717) is 43.6 Å². The third kappa shape index (κ3) is 2.96. The zero-order valence-electron chi connectivity index (χ0n) is 11.7. The Bertz CT molecular complexity index is 610. The Morgan fingerprint density at radius 1 is 1.43 bits per heavy atom. The third-order valence-electron chi connectivity index (χ3n) is 3.29. The van der Waals surface area contributed by atoms with E-state index in [-0.39, 0.29) is 6.10 Å². The van der Waals surface area contributed by atoms with Gasteiger partial charge in [-0.2, -0.15) is 0 Å². The summed E-state index contributed by atoms with van der Waals surface area (Å²) in [6, 6.07) is 5.38. The summed E-state index contributed by atoms with van der Waals surface area (Å²) >= 11 is 0. The summed E-state index contributed by atoms with van der Waals surface area (Å²) in [4.78, 5) is 0.